The predicted molar refractivity (Wildman–Crippen MR) is 153 cm³/mol. The van der Waals surface area contributed by atoms with Gasteiger partial charge in [0.15, 0.2) is 0 Å². The highest BCUT2D eigenvalue weighted by atomic mass is 19.1. The minimum absolute atomic E-state index is 0.0338. The molecule has 1 amide bonds. The quantitative estimate of drug-likeness (QED) is 0.133. The van der Waals surface area contributed by atoms with E-state index in [2.05, 4.69) is 10.3 Å². The first-order valence-corrected chi connectivity index (χ1v) is 13.1. The van der Waals surface area contributed by atoms with Crippen molar-refractivity contribution in [2.75, 3.05) is 6.54 Å². The van der Waals surface area contributed by atoms with Gasteiger partial charge in [0, 0.05) is 48.4 Å². The van der Waals surface area contributed by atoms with Gasteiger partial charge in [0.1, 0.15) is 35.5 Å². The van der Waals surface area contributed by atoms with E-state index >= 15 is 0 Å². The number of imidazole rings is 1. The number of nitrogens with zero attached hydrogens (tertiary/aromatic N) is 5. The molecule has 0 radical (unpaired) electrons. The first kappa shape index (κ1) is 27.1. The van der Waals surface area contributed by atoms with Crippen LogP contribution in [0, 0.1) is 17.1 Å². The largest absolute Gasteiger partial charge is 0.489 e. The number of aryl methyl sites for hydroxylation is 1. The van der Waals surface area contributed by atoms with Crippen LogP contribution in [-0.4, -0.2) is 31.8 Å². The molecule has 0 bridgehead atoms. The van der Waals surface area contributed by atoms with E-state index in [1.54, 1.807) is 59.8 Å². The standard InChI is InChI=1S/C32H27FN6O2/c33-30-13-5-4-8-25(30)22-41-29-12-6-9-24(19-29)31-27(21-39(37-31)28-10-2-1-3-11-28)18-26(20-34)32(40)36-14-7-16-38-17-15-35-23-38/h1-6,8-13,15,17-19,21,23H,7,14,16,22H2,(H,36,40)/b26-18+. The third-order valence-electron chi connectivity index (χ3n) is 6.33. The fourth-order valence-electron chi connectivity index (χ4n) is 4.22. The van der Waals surface area contributed by atoms with Crippen molar-refractivity contribution in [3.63, 3.8) is 0 Å². The molecule has 0 aliphatic carbocycles. The zero-order valence-corrected chi connectivity index (χ0v) is 22.2. The summed E-state index contributed by atoms with van der Waals surface area (Å²) in [6.45, 7) is 1.18. The Kier molecular flexibility index (Phi) is 8.62. The minimum Gasteiger partial charge on any atom is -0.489 e. The minimum atomic E-state index is -0.460. The maximum Gasteiger partial charge on any atom is 0.261 e. The summed E-state index contributed by atoms with van der Waals surface area (Å²) in [5.41, 5.74) is 3.10. The van der Waals surface area contributed by atoms with Crippen LogP contribution in [0.15, 0.2) is 109 Å². The van der Waals surface area contributed by atoms with Crippen molar-refractivity contribution in [1.29, 1.82) is 5.26 Å². The van der Waals surface area contributed by atoms with Crippen molar-refractivity contribution in [2.24, 2.45) is 0 Å². The third-order valence-corrected chi connectivity index (χ3v) is 6.33. The van der Waals surface area contributed by atoms with Crippen LogP contribution in [0.1, 0.15) is 17.5 Å². The summed E-state index contributed by atoms with van der Waals surface area (Å²) in [5.74, 6) is -0.258. The van der Waals surface area contributed by atoms with Crippen molar-refractivity contribution in [2.45, 2.75) is 19.6 Å². The Balaban J connectivity index is 1.40. The van der Waals surface area contributed by atoms with Gasteiger partial charge in [-0.1, -0.05) is 48.5 Å². The van der Waals surface area contributed by atoms with E-state index in [0.29, 0.717) is 42.1 Å². The van der Waals surface area contributed by atoms with Crippen LogP contribution in [0.5, 0.6) is 5.75 Å². The number of carbonyl (C=O) groups excluding carboxylic acids is 1. The predicted octanol–water partition coefficient (Wildman–Crippen LogP) is 5.57. The second-order valence-electron chi connectivity index (χ2n) is 9.20. The Labute approximate surface area is 237 Å². The van der Waals surface area contributed by atoms with Crippen molar-refractivity contribution in [3.8, 4) is 28.8 Å². The van der Waals surface area contributed by atoms with E-state index < -0.39 is 5.91 Å². The Morgan fingerprint density at radius 3 is 2.68 bits per heavy atom. The van der Waals surface area contributed by atoms with Crippen LogP contribution >= 0.6 is 0 Å². The number of amides is 1. The number of halogens is 1. The number of benzene rings is 3. The SMILES string of the molecule is N#C/C(=C\c1cn(-c2ccccc2)nc1-c1cccc(OCc2ccccc2F)c1)C(=O)NCCCn1ccnc1. The Morgan fingerprint density at radius 2 is 1.90 bits per heavy atom. The number of carbonyl (C=O) groups is 1. The molecule has 0 saturated heterocycles. The molecule has 0 fully saturated rings. The van der Waals surface area contributed by atoms with Crippen LogP contribution in [0.4, 0.5) is 4.39 Å². The fourth-order valence-corrected chi connectivity index (χ4v) is 4.22. The lowest BCUT2D eigenvalue weighted by molar-refractivity contribution is -0.117. The van der Waals surface area contributed by atoms with E-state index in [0.717, 1.165) is 11.3 Å². The van der Waals surface area contributed by atoms with E-state index in [4.69, 9.17) is 9.84 Å². The van der Waals surface area contributed by atoms with E-state index in [1.165, 1.54) is 6.07 Å². The molecular weight excluding hydrogens is 519 g/mol. The number of aromatic nitrogens is 4. The first-order chi connectivity index (χ1) is 20.1. The zero-order chi connectivity index (χ0) is 28.4. The Bertz CT molecular complexity index is 1690. The summed E-state index contributed by atoms with van der Waals surface area (Å²) in [4.78, 5) is 16.9. The summed E-state index contributed by atoms with van der Waals surface area (Å²) in [7, 11) is 0. The second-order valence-corrected chi connectivity index (χ2v) is 9.20. The molecule has 1 N–H and O–H groups in total. The summed E-state index contributed by atoms with van der Waals surface area (Å²) < 4.78 is 23.6. The highest BCUT2D eigenvalue weighted by molar-refractivity contribution is 6.02. The van der Waals surface area contributed by atoms with E-state index in [9.17, 15) is 14.4 Å². The summed E-state index contributed by atoms with van der Waals surface area (Å²) in [6, 6.07) is 25.3. The fraction of sp³-hybridized carbons (Fsp3) is 0.125. The monoisotopic (exact) mass is 546 g/mol. The smallest absolute Gasteiger partial charge is 0.261 e. The van der Waals surface area contributed by atoms with Gasteiger partial charge in [-0.25, -0.2) is 14.1 Å². The molecule has 2 heterocycles. The molecule has 8 nitrogen and oxygen atoms in total. The maximum absolute atomic E-state index is 14.1. The van der Waals surface area contributed by atoms with Gasteiger partial charge in [-0.05, 0) is 42.8 Å². The first-order valence-electron chi connectivity index (χ1n) is 13.1. The zero-order valence-electron chi connectivity index (χ0n) is 22.2. The van der Waals surface area contributed by atoms with Gasteiger partial charge in [-0.3, -0.25) is 4.79 Å². The van der Waals surface area contributed by atoms with Gasteiger partial charge in [0.2, 0.25) is 0 Å². The topological polar surface area (TPSA) is 97.8 Å². The third kappa shape index (κ3) is 6.94. The number of ether oxygens (including phenoxy) is 1. The highest BCUT2D eigenvalue weighted by Gasteiger charge is 2.16. The van der Waals surface area contributed by atoms with Crippen LogP contribution in [0.2, 0.25) is 0 Å². The van der Waals surface area contributed by atoms with Crippen LogP contribution in [0.25, 0.3) is 23.0 Å². The molecule has 0 aliphatic heterocycles. The molecule has 0 unspecified atom stereocenters. The molecule has 41 heavy (non-hydrogen) atoms. The summed E-state index contributed by atoms with van der Waals surface area (Å²) in [5, 5.41) is 17.4. The molecule has 3 aromatic carbocycles. The molecule has 0 atom stereocenters. The number of hydrogen-bond acceptors (Lipinski definition) is 5. The average Bonchev–Trinajstić information content (AvgIpc) is 3.69. The van der Waals surface area contributed by atoms with E-state index in [-0.39, 0.29) is 18.0 Å². The Morgan fingerprint density at radius 1 is 1.07 bits per heavy atom. The van der Waals surface area contributed by atoms with Gasteiger partial charge < -0.3 is 14.6 Å². The lowest BCUT2D eigenvalue weighted by Crippen LogP contribution is -2.26. The molecule has 5 aromatic rings. The molecule has 0 saturated carbocycles. The normalized spacial score (nSPS) is 11.2. The second kappa shape index (κ2) is 13.0. The van der Waals surface area contributed by atoms with Gasteiger partial charge >= 0.3 is 0 Å². The summed E-state index contributed by atoms with van der Waals surface area (Å²) >= 11 is 0. The molecule has 204 valence electrons. The van der Waals surface area contributed by atoms with Crippen molar-refractivity contribution >= 4 is 12.0 Å². The van der Waals surface area contributed by atoms with Crippen molar-refractivity contribution < 1.29 is 13.9 Å². The summed E-state index contributed by atoms with van der Waals surface area (Å²) in [6.07, 6.45) is 9.29. The van der Waals surface area contributed by atoms with Crippen molar-refractivity contribution in [1.82, 2.24) is 24.6 Å². The van der Waals surface area contributed by atoms with E-state index in [1.807, 2.05) is 59.3 Å². The number of para-hydroxylation sites is 1. The number of nitriles is 1. The Hall–Kier alpha value is -5.49. The average molecular weight is 547 g/mol. The lowest BCUT2D eigenvalue weighted by atomic mass is 10.1. The van der Waals surface area contributed by atoms with Crippen LogP contribution < -0.4 is 10.1 Å². The van der Waals surface area contributed by atoms with Gasteiger partial charge in [-0.15, -0.1) is 0 Å². The highest BCUT2D eigenvalue weighted by Crippen LogP contribution is 2.29. The lowest BCUT2D eigenvalue weighted by Gasteiger charge is -2.09. The van der Waals surface area contributed by atoms with Gasteiger partial charge in [-0.2, -0.15) is 10.4 Å². The molecule has 5 rings (SSSR count). The van der Waals surface area contributed by atoms with Gasteiger partial charge in [0.25, 0.3) is 5.91 Å². The molecule has 2 aromatic heterocycles. The van der Waals surface area contributed by atoms with Crippen LogP contribution in [-0.2, 0) is 17.9 Å². The molecule has 0 spiro atoms. The number of nitrogens with one attached hydrogen (secondary N) is 1. The maximum atomic E-state index is 14.1. The molecule has 0 aliphatic rings. The van der Waals surface area contributed by atoms with Crippen LogP contribution in [0.3, 0.4) is 0 Å². The number of rotatable bonds is 11. The van der Waals surface area contributed by atoms with Crippen molar-refractivity contribution in [3.05, 3.63) is 126 Å². The molecular formula is C32H27FN6O2. The molecule has 9 heteroatoms. The van der Waals surface area contributed by atoms with Gasteiger partial charge in [0.05, 0.1) is 12.0 Å². The number of hydrogen-bond donors (Lipinski definition) is 1.